The van der Waals surface area contributed by atoms with Gasteiger partial charge in [0.15, 0.2) is 6.61 Å². The maximum absolute atomic E-state index is 12.7. The highest BCUT2D eigenvalue weighted by Crippen LogP contribution is 2.30. The van der Waals surface area contributed by atoms with Crippen LogP contribution in [0.2, 0.25) is 0 Å². The first-order valence-electron chi connectivity index (χ1n) is 9.50. The zero-order valence-corrected chi connectivity index (χ0v) is 16.9. The minimum atomic E-state index is -4.53. The van der Waals surface area contributed by atoms with Gasteiger partial charge in [-0.3, -0.25) is 9.59 Å². The summed E-state index contributed by atoms with van der Waals surface area (Å²) in [4.78, 5) is 26.8. The van der Waals surface area contributed by atoms with Crippen LogP contribution in [0.15, 0.2) is 36.4 Å². The molecule has 0 saturated carbocycles. The Bertz CT molecular complexity index is 1060. The second kappa shape index (κ2) is 8.68. The van der Waals surface area contributed by atoms with Crippen LogP contribution in [0.4, 0.5) is 24.5 Å². The number of carbonyl (C=O) groups is 2. The van der Waals surface area contributed by atoms with Crippen molar-refractivity contribution in [2.24, 2.45) is 5.92 Å². The lowest BCUT2D eigenvalue weighted by atomic mass is 10.1. The molecule has 1 unspecified atom stereocenters. The SMILES string of the molecule is Cc1cccc(N2CC(C(=O)Nc3ccc(OCC(F)(F)F)c(C#N)c3)CC2=O)c1C. The molecule has 1 saturated heterocycles. The third-order valence-electron chi connectivity index (χ3n) is 5.12. The van der Waals surface area contributed by atoms with E-state index >= 15 is 0 Å². The second-order valence-electron chi connectivity index (χ2n) is 7.34. The molecule has 1 aliphatic heterocycles. The summed E-state index contributed by atoms with van der Waals surface area (Å²) in [6.45, 7) is 2.55. The standard InChI is InChI=1S/C22H20F3N3O3/c1-13-4-3-5-18(14(13)2)28-11-16(9-20(28)29)21(30)27-17-6-7-19(15(8-17)10-26)31-12-22(23,24)25/h3-8,16H,9,11-12H2,1-2H3,(H,27,30). The van der Waals surface area contributed by atoms with Gasteiger partial charge >= 0.3 is 6.18 Å². The van der Waals surface area contributed by atoms with Crippen LogP contribution < -0.4 is 15.0 Å². The quantitative estimate of drug-likeness (QED) is 0.773. The fourth-order valence-electron chi connectivity index (χ4n) is 3.37. The summed E-state index contributed by atoms with van der Waals surface area (Å²) in [6.07, 6.45) is -4.49. The van der Waals surface area contributed by atoms with Crippen molar-refractivity contribution in [1.29, 1.82) is 5.26 Å². The fourth-order valence-corrected chi connectivity index (χ4v) is 3.37. The number of nitrogens with one attached hydrogen (secondary N) is 1. The lowest BCUT2D eigenvalue weighted by Gasteiger charge is -2.20. The Balaban J connectivity index is 1.70. The zero-order chi connectivity index (χ0) is 22.8. The number of amides is 2. The Hall–Kier alpha value is -3.54. The summed E-state index contributed by atoms with van der Waals surface area (Å²) in [5.74, 6) is -1.40. The van der Waals surface area contributed by atoms with Crippen LogP contribution in [0.25, 0.3) is 0 Å². The van der Waals surface area contributed by atoms with Gasteiger partial charge in [-0.1, -0.05) is 12.1 Å². The predicted octanol–water partition coefficient (Wildman–Crippen LogP) is 4.11. The van der Waals surface area contributed by atoms with E-state index in [0.29, 0.717) is 0 Å². The van der Waals surface area contributed by atoms with Gasteiger partial charge in [-0.2, -0.15) is 18.4 Å². The van der Waals surface area contributed by atoms with E-state index in [1.807, 2.05) is 32.0 Å². The van der Waals surface area contributed by atoms with E-state index in [1.54, 1.807) is 11.0 Å². The number of anilines is 2. The van der Waals surface area contributed by atoms with Crippen LogP contribution in [0.1, 0.15) is 23.1 Å². The van der Waals surface area contributed by atoms with Crippen molar-refractivity contribution in [1.82, 2.24) is 0 Å². The Morgan fingerprint density at radius 3 is 2.71 bits per heavy atom. The van der Waals surface area contributed by atoms with Crippen LogP contribution in [0, 0.1) is 31.1 Å². The Morgan fingerprint density at radius 1 is 1.29 bits per heavy atom. The van der Waals surface area contributed by atoms with Gasteiger partial charge in [0.05, 0.1) is 11.5 Å². The van der Waals surface area contributed by atoms with Crippen LogP contribution in [-0.2, 0) is 9.59 Å². The van der Waals surface area contributed by atoms with Crippen LogP contribution in [-0.4, -0.2) is 31.1 Å². The third kappa shape index (κ3) is 5.15. The molecule has 1 atom stereocenters. The highest BCUT2D eigenvalue weighted by atomic mass is 19.4. The van der Waals surface area contributed by atoms with Crippen molar-refractivity contribution in [2.45, 2.75) is 26.4 Å². The number of ether oxygens (including phenoxy) is 1. The molecule has 6 nitrogen and oxygen atoms in total. The van der Waals surface area contributed by atoms with Gasteiger partial charge in [0.2, 0.25) is 11.8 Å². The lowest BCUT2D eigenvalue weighted by Crippen LogP contribution is -2.28. The molecule has 0 spiro atoms. The highest BCUT2D eigenvalue weighted by molar-refractivity contribution is 6.04. The minimum Gasteiger partial charge on any atom is -0.483 e. The van der Waals surface area contributed by atoms with Crippen LogP contribution >= 0.6 is 0 Å². The first-order valence-corrected chi connectivity index (χ1v) is 9.50. The molecule has 2 amide bonds. The molecule has 9 heteroatoms. The Labute approximate surface area is 177 Å². The summed E-state index contributed by atoms with van der Waals surface area (Å²) in [5.41, 5.74) is 2.86. The van der Waals surface area contributed by atoms with E-state index in [9.17, 15) is 28.0 Å². The number of carbonyl (C=O) groups excluding carboxylic acids is 2. The molecule has 162 valence electrons. The van der Waals surface area contributed by atoms with Crippen molar-refractivity contribution < 1.29 is 27.5 Å². The van der Waals surface area contributed by atoms with Gasteiger partial charge in [0.25, 0.3) is 0 Å². The fraction of sp³-hybridized carbons (Fsp3) is 0.318. The van der Waals surface area contributed by atoms with Crippen molar-refractivity contribution in [3.8, 4) is 11.8 Å². The smallest absolute Gasteiger partial charge is 0.422 e. The number of alkyl halides is 3. The first-order chi connectivity index (χ1) is 14.6. The van der Waals surface area contributed by atoms with Crippen molar-refractivity contribution in [3.63, 3.8) is 0 Å². The van der Waals surface area contributed by atoms with E-state index in [-0.39, 0.29) is 35.9 Å². The molecule has 1 N–H and O–H groups in total. The second-order valence-corrected chi connectivity index (χ2v) is 7.34. The van der Waals surface area contributed by atoms with E-state index in [2.05, 4.69) is 10.1 Å². The molecule has 1 heterocycles. The summed E-state index contributed by atoms with van der Waals surface area (Å²) >= 11 is 0. The van der Waals surface area contributed by atoms with Crippen molar-refractivity contribution >= 4 is 23.2 Å². The maximum Gasteiger partial charge on any atom is 0.422 e. The largest absolute Gasteiger partial charge is 0.483 e. The summed E-state index contributed by atoms with van der Waals surface area (Å²) in [5, 5.41) is 11.8. The number of halogens is 3. The molecular weight excluding hydrogens is 411 g/mol. The minimum absolute atomic E-state index is 0.0388. The average molecular weight is 431 g/mol. The van der Waals surface area contributed by atoms with Gasteiger partial charge < -0.3 is 15.0 Å². The van der Waals surface area contributed by atoms with Gasteiger partial charge in [0, 0.05) is 24.3 Å². The summed E-state index contributed by atoms with van der Waals surface area (Å²) in [6, 6.07) is 11.2. The summed E-state index contributed by atoms with van der Waals surface area (Å²) in [7, 11) is 0. The molecule has 0 aliphatic carbocycles. The Morgan fingerprint density at radius 2 is 2.03 bits per heavy atom. The van der Waals surface area contributed by atoms with Crippen molar-refractivity contribution in [3.05, 3.63) is 53.1 Å². The number of benzene rings is 2. The molecule has 0 aromatic heterocycles. The van der Waals surface area contributed by atoms with E-state index in [0.717, 1.165) is 16.8 Å². The van der Waals surface area contributed by atoms with Gasteiger partial charge in [-0.15, -0.1) is 0 Å². The highest BCUT2D eigenvalue weighted by Gasteiger charge is 2.36. The summed E-state index contributed by atoms with van der Waals surface area (Å²) < 4.78 is 41.7. The molecule has 0 bridgehead atoms. The maximum atomic E-state index is 12.7. The molecule has 1 fully saturated rings. The van der Waals surface area contributed by atoms with Crippen molar-refractivity contribution in [2.75, 3.05) is 23.4 Å². The lowest BCUT2D eigenvalue weighted by molar-refractivity contribution is -0.153. The number of rotatable bonds is 5. The molecule has 2 aromatic rings. The first kappa shape index (κ1) is 22.2. The van der Waals surface area contributed by atoms with Gasteiger partial charge in [-0.25, -0.2) is 0 Å². The molecule has 0 radical (unpaired) electrons. The molecule has 31 heavy (non-hydrogen) atoms. The van der Waals surface area contributed by atoms with E-state index in [4.69, 9.17) is 0 Å². The Kier molecular flexibility index (Phi) is 6.20. The average Bonchev–Trinajstić information content (AvgIpc) is 3.10. The van der Waals surface area contributed by atoms with E-state index < -0.39 is 24.6 Å². The van der Waals surface area contributed by atoms with E-state index in [1.165, 1.54) is 18.2 Å². The van der Waals surface area contributed by atoms with Crippen LogP contribution in [0.5, 0.6) is 5.75 Å². The predicted molar refractivity (Wildman–Crippen MR) is 108 cm³/mol. The molecule has 2 aromatic carbocycles. The number of hydrogen-bond donors (Lipinski definition) is 1. The van der Waals surface area contributed by atoms with Crippen LogP contribution in [0.3, 0.4) is 0 Å². The van der Waals surface area contributed by atoms with Gasteiger partial charge in [0.1, 0.15) is 11.8 Å². The van der Waals surface area contributed by atoms with Gasteiger partial charge in [-0.05, 0) is 49.2 Å². The monoisotopic (exact) mass is 431 g/mol. The number of hydrogen-bond acceptors (Lipinski definition) is 4. The normalized spacial score (nSPS) is 16.2. The molecule has 3 rings (SSSR count). The number of aryl methyl sites for hydroxylation is 1. The number of nitriles is 1. The topological polar surface area (TPSA) is 82.4 Å². The zero-order valence-electron chi connectivity index (χ0n) is 16.9. The molecule has 1 aliphatic rings. The molecular formula is C22H20F3N3O3. The third-order valence-corrected chi connectivity index (χ3v) is 5.12. The number of nitrogens with zero attached hydrogens (tertiary/aromatic N) is 2.